The number of sulfonamides is 1. The minimum absolute atomic E-state index is 0.123. The Morgan fingerprint density at radius 2 is 1.47 bits per heavy atom. The van der Waals surface area contributed by atoms with Crippen molar-refractivity contribution >= 4 is 33.2 Å². The summed E-state index contributed by atoms with van der Waals surface area (Å²) in [6, 6.07) is 11.3. The molecule has 2 aromatic rings. The first-order valence-electron chi connectivity index (χ1n) is 10.2. The van der Waals surface area contributed by atoms with E-state index in [-0.39, 0.29) is 35.7 Å². The maximum absolute atomic E-state index is 13.0. The van der Waals surface area contributed by atoms with Gasteiger partial charge >= 0.3 is 0 Å². The van der Waals surface area contributed by atoms with Crippen LogP contribution in [0.3, 0.4) is 0 Å². The Labute approximate surface area is 187 Å². The summed E-state index contributed by atoms with van der Waals surface area (Å²) in [5.41, 5.74) is 1.26. The van der Waals surface area contributed by atoms with Gasteiger partial charge in [0.15, 0.2) is 11.5 Å². The molecule has 0 bridgehead atoms. The highest BCUT2D eigenvalue weighted by Gasteiger charge is 2.32. The van der Waals surface area contributed by atoms with E-state index >= 15 is 0 Å². The molecule has 0 aliphatic carbocycles. The Morgan fingerprint density at radius 1 is 0.906 bits per heavy atom. The molecule has 0 radical (unpaired) electrons. The number of carbonyl (C=O) groups excluding carboxylic acids is 2. The van der Waals surface area contributed by atoms with E-state index < -0.39 is 10.0 Å². The molecule has 2 aromatic carbocycles. The number of piperidine rings is 1. The largest absolute Gasteiger partial charge is 0.493 e. The molecule has 3 rings (SSSR count). The summed E-state index contributed by atoms with van der Waals surface area (Å²) in [6.45, 7) is 1.92. The van der Waals surface area contributed by atoms with Crippen LogP contribution in [0.1, 0.15) is 19.8 Å². The SMILES string of the molecule is COc1ccc(S(=O)(=O)N2CCC(C(=O)Nc3ccc(NC(C)=O)cc3)CC2)cc1OC. The molecule has 2 amide bonds. The maximum Gasteiger partial charge on any atom is 0.243 e. The number of hydrogen-bond acceptors (Lipinski definition) is 6. The molecule has 32 heavy (non-hydrogen) atoms. The highest BCUT2D eigenvalue weighted by atomic mass is 32.2. The third-order valence-electron chi connectivity index (χ3n) is 5.29. The van der Waals surface area contributed by atoms with Crippen LogP contribution in [-0.4, -0.2) is 51.8 Å². The maximum atomic E-state index is 13.0. The van der Waals surface area contributed by atoms with Crippen molar-refractivity contribution in [2.45, 2.75) is 24.7 Å². The predicted octanol–water partition coefficient (Wildman–Crippen LogP) is 2.70. The Balaban J connectivity index is 1.60. The van der Waals surface area contributed by atoms with E-state index in [1.165, 1.54) is 37.6 Å². The molecule has 1 fully saturated rings. The minimum Gasteiger partial charge on any atom is -0.493 e. The van der Waals surface area contributed by atoms with Gasteiger partial charge in [0.2, 0.25) is 21.8 Å². The van der Waals surface area contributed by atoms with Crippen molar-refractivity contribution in [2.75, 3.05) is 37.9 Å². The molecule has 1 aliphatic rings. The van der Waals surface area contributed by atoms with Crippen LogP contribution in [-0.2, 0) is 19.6 Å². The van der Waals surface area contributed by atoms with Crippen LogP contribution in [0, 0.1) is 5.92 Å². The lowest BCUT2D eigenvalue weighted by Gasteiger charge is -2.30. The summed E-state index contributed by atoms with van der Waals surface area (Å²) in [4.78, 5) is 23.8. The third kappa shape index (κ3) is 5.38. The Morgan fingerprint density at radius 3 is 2.00 bits per heavy atom. The fourth-order valence-electron chi connectivity index (χ4n) is 3.57. The van der Waals surface area contributed by atoms with E-state index in [0.717, 1.165) is 0 Å². The number of nitrogens with zero attached hydrogens (tertiary/aromatic N) is 1. The summed E-state index contributed by atoms with van der Waals surface area (Å²) >= 11 is 0. The zero-order valence-corrected chi connectivity index (χ0v) is 19.1. The van der Waals surface area contributed by atoms with Gasteiger partial charge in [-0.15, -0.1) is 0 Å². The lowest BCUT2D eigenvalue weighted by Crippen LogP contribution is -2.41. The minimum atomic E-state index is -3.71. The summed E-state index contributed by atoms with van der Waals surface area (Å²) in [7, 11) is -0.775. The van der Waals surface area contributed by atoms with Gasteiger partial charge in [0.05, 0.1) is 19.1 Å². The molecule has 1 heterocycles. The molecule has 10 heteroatoms. The number of rotatable bonds is 7. The van der Waals surface area contributed by atoms with E-state index in [4.69, 9.17) is 9.47 Å². The van der Waals surface area contributed by atoms with Gasteiger partial charge in [-0.3, -0.25) is 9.59 Å². The molecule has 1 saturated heterocycles. The molecule has 9 nitrogen and oxygen atoms in total. The lowest BCUT2D eigenvalue weighted by molar-refractivity contribution is -0.121. The van der Waals surface area contributed by atoms with Gasteiger partial charge < -0.3 is 20.1 Å². The van der Waals surface area contributed by atoms with Crippen LogP contribution >= 0.6 is 0 Å². The average Bonchev–Trinajstić information content (AvgIpc) is 2.79. The Hall–Kier alpha value is -3.11. The summed E-state index contributed by atoms with van der Waals surface area (Å²) in [5.74, 6) is 0.179. The molecule has 2 N–H and O–H groups in total. The summed E-state index contributed by atoms with van der Waals surface area (Å²) < 4.78 is 37.8. The molecule has 0 unspecified atom stereocenters. The lowest BCUT2D eigenvalue weighted by atomic mass is 9.97. The van der Waals surface area contributed by atoms with Crippen LogP contribution in [0.4, 0.5) is 11.4 Å². The molecule has 172 valence electrons. The van der Waals surface area contributed by atoms with Crippen molar-refractivity contribution in [2.24, 2.45) is 5.92 Å². The standard InChI is InChI=1S/C22H27N3O6S/c1-15(26)23-17-4-6-18(7-5-17)24-22(27)16-10-12-25(13-11-16)32(28,29)19-8-9-20(30-2)21(14-19)31-3/h4-9,14,16H,10-13H2,1-3H3,(H,23,26)(H,24,27). The van der Waals surface area contributed by atoms with Gasteiger partial charge in [-0.2, -0.15) is 4.31 Å². The fourth-order valence-corrected chi connectivity index (χ4v) is 5.05. The van der Waals surface area contributed by atoms with E-state index in [1.807, 2.05) is 0 Å². The van der Waals surface area contributed by atoms with Crippen molar-refractivity contribution in [3.05, 3.63) is 42.5 Å². The Kier molecular flexibility index (Phi) is 7.37. The number of methoxy groups -OCH3 is 2. The van der Waals surface area contributed by atoms with E-state index in [9.17, 15) is 18.0 Å². The van der Waals surface area contributed by atoms with Gasteiger partial charge in [0.25, 0.3) is 0 Å². The van der Waals surface area contributed by atoms with Crippen LogP contribution in [0.2, 0.25) is 0 Å². The third-order valence-corrected chi connectivity index (χ3v) is 7.18. The van der Waals surface area contributed by atoms with Gasteiger partial charge in [-0.05, 0) is 49.2 Å². The smallest absolute Gasteiger partial charge is 0.243 e. The topological polar surface area (TPSA) is 114 Å². The van der Waals surface area contributed by atoms with Gasteiger partial charge in [0, 0.05) is 43.4 Å². The molecule has 0 aromatic heterocycles. The number of carbonyl (C=O) groups is 2. The van der Waals surface area contributed by atoms with E-state index in [2.05, 4.69) is 10.6 Å². The molecular formula is C22H27N3O6S. The molecule has 1 aliphatic heterocycles. The van der Waals surface area contributed by atoms with Gasteiger partial charge in [0.1, 0.15) is 0 Å². The zero-order chi connectivity index (χ0) is 23.3. The van der Waals surface area contributed by atoms with Crippen LogP contribution in [0.5, 0.6) is 11.5 Å². The zero-order valence-electron chi connectivity index (χ0n) is 18.3. The highest BCUT2D eigenvalue weighted by Crippen LogP contribution is 2.32. The first-order chi connectivity index (χ1) is 15.2. The normalized spacial score (nSPS) is 15.1. The second-order valence-electron chi connectivity index (χ2n) is 7.44. The van der Waals surface area contributed by atoms with Gasteiger partial charge in [-0.1, -0.05) is 0 Å². The van der Waals surface area contributed by atoms with E-state index in [1.54, 1.807) is 30.3 Å². The molecular weight excluding hydrogens is 434 g/mol. The van der Waals surface area contributed by atoms with Crippen molar-refractivity contribution in [3.8, 4) is 11.5 Å². The van der Waals surface area contributed by atoms with Gasteiger partial charge in [-0.25, -0.2) is 8.42 Å². The van der Waals surface area contributed by atoms with Crippen molar-refractivity contribution < 1.29 is 27.5 Å². The fraction of sp³-hybridized carbons (Fsp3) is 0.364. The number of nitrogens with one attached hydrogen (secondary N) is 2. The second-order valence-corrected chi connectivity index (χ2v) is 9.38. The molecule has 0 atom stereocenters. The van der Waals surface area contributed by atoms with Crippen LogP contribution in [0.15, 0.2) is 47.4 Å². The highest BCUT2D eigenvalue weighted by molar-refractivity contribution is 7.89. The number of ether oxygens (including phenoxy) is 2. The summed E-state index contributed by atoms with van der Waals surface area (Å²) in [6.07, 6.45) is 0.838. The first-order valence-corrected chi connectivity index (χ1v) is 11.6. The average molecular weight is 462 g/mol. The number of amides is 2. The van der Waals surface area contributed by atoms with Crippen molar-refractivity contribution in [1.82, 2.24) is 4.31 Å². The number of anilines is 2. The van der Waals surface area contributed by atoms with Crippen LogP contribution in [0.25, 0.3) is 0 Å². The van der Waals surface area contributed by atoms with Crippen molar-refractivity contribution in [1.29, 1.82) is 0 Å². The molecule has 0 spiro atoms. The first kappa shape index (κ1) is 23.6. The summed E-state index contributed by atoms with van der Waals surface area (Å²) in [5, 5.41) is 5.52. The monoisotopic (exact) mass is 461 g/mol. The van der Waals surface area contributed by atoms with Crippen molar-refractivity contribution in [3.63, 3.8) is 0 Å². The van der Waals surface area contributed by atoms with Crippen LogP contribution < -0.4 is 20.1 Å². The molecule has 0 saturated carbocycles. The number of benzene rings is 2. The Bertz CT molecular complexity index is 1080. The predicted molar refractivity (Wildman–Crippen MR) is 120 cm³/mol. The quantitative estimate of drug-likeness (QED) is 0.655. The number of hydrogen-bond donors (Lipinski definition) is 2. The second kappa shape index (κ2) is 10.0. The van der Waals surface area contributed by atoms with E-state index in [0.29, 0.717) is 35.7 Å².